The average Bonchev–Trinajstić information content (AvgIpc) is 2.35. The van der Waals surface area contributed by atoms with Gasteiger partial charge in [-0.1, -0.05) is 61.8 Å². The topological polar surface area (TPSA) is 17.1 Å². The van der Waals surface area contributed by atoms with Crippen LogP contribution in [0.5, 0.6) is 0 Å². The highest BCUT2D eigenvalue weighted by Crippen LogP contribution is 2.34. The quantitative estimate of drug-likeness (QED) is 0.576. The first-order valence-electron chi connectivity index (χ1n) is 7.11. The summed E-state index contributed by atoms with van der Waals surface area (Å²) in [5.74, 6) is 0.218. The van der Waals surface area contributed by atoms with Crippen LogP contribution in [0.1, 0.15) is 22.8 Å². The maximum Gasteiger partial charge on any atom is 0.160 e. The molecule has 0 saturated heterocycles. The number of ketones is 1. The summed E-state index contributed by atoms with van der Waals surface area (Å²) in [6, 6.07) is 4.64. The Morgan fingerprint density at radius 2 is 1.32 bits per heavy atom. The van der Waals surface area contributed by atoms with Crippen molar-refractivity contribution in [3.63, 3.8) is 0 Å². The van der Waals surface area contributed by atoms with Crippen LogP contribution in [0.25, 0.3) is 0 Å². The van der Waals surface area contributed by atoms with Crippen molar-refractivity contribution in [2.24, 2.45) is 0 Å². The molecule has 0 aliphatic carbocycles. The van der Waals surface area contributed by atoms with E-state index < -0.39 is 22.3 Å². The Kier molecular flexibility index (Phi) is 3.16. The molecular weight excluding hydrogens is 280 g/mol. The van der Waals surface area contributed by atoms with Gasteiger partial charge in [-0.05, 0) is 19.4 Å². The van der Waals surface area contributed by atoms with Crippen molar-refractivity contribution in [3.8, 4) is 0 Å². The second kappa shape index (κ2) is 4.02. The van der Waals surface area contributed by atoms with Gasteiger partial charge in [-0.25, -0.2) is 0 Å². The number of carbonyl (C=O) groups excluding carboxylic acids is 1. The van der Waals surface area contributed by atoms with Gasteiger partial charge in [0, 0.05) is 12.7 Å². The standard InChI is InChI=1S/C15H26OSi3/c1-11-9-14-15(10-13(11)12(2)16)18(5,6)19(7,8)17(14,3)4/h9-10H,1-8H3. The van der Waals surface area contributed by atoms with Crippen LogP contribution in [0.3, 0.4) is 0 Å². The molecule has 1 aromatic rings. The normalized spacial score (nSPS) is 22.1. The highest BCUT2D eigenvalue weighted by atomic mass is 29.6. The number of benzene rings is 1. The van der Waals surface area contributed by atoms with Crippen LogP contribution in [0.15, 0.2) is 12.1 Å². The molecule has 0 atom stereocenters. The monoisotopic (exact) mass is 306 g/mol. The van der Waals surface area contributed by atoms with Crippen LogP contribution >= 0.6 is 0 Å². The third-order valence-corrected chi connectivity index (χ3v) is 47.9. The van der Waals surface area contributed by atoms with Crippen molar-refractivity contribution >= 4 is 38.4 Å². The molecule has 2 rings (SSSR count). The fourth-order valence-electron chi connectivity index (χ4n) is 3.58. The minimum atomic E-state index is -1.38. The van der Waals surface area contributed by atoms with E-state index in [1.807, 2.05) is 0 Å². The third-order valence-electron chi connectivity index (χ3n) is 6.22. The van der Waals surface area contributed by atoms with Gasteiger partial charge in [-0.2, -0.15) is 0 Å². The van der Waals surface area contributed by atoms with Crippen molar-refractivity contribution in [3.05, 3.63) is 23.3 Å². The minimum absolute atomic E-state index is 0.218. The molecule has 0 aromatic heterocycles. The molecule has 0 N–H and O–H groups in total. The second-order valence-electron chi connectivity index (χ2n) is 7.64. The first-order valence-corrected chi connectivity index (χ1v) is 18.1. The van der Waals surface area contributed by atoms with Gasteiger partial charge in [-0.3, -0.25) is 4.79 Å². The van der Waals surface area contributed by atoms with Gasteiger partial charge in [0.15, 0.2) is 5.78 Å². The molecule has 4 heteroatoms. The maximum atomic E-state index is 11.8. The van der Waals surface area contributed by atoms with Crippen LogP contribution in [0, 0.1) is 6.92 Å². The summed E-state index contributed by atoms with van der Waals surface area (Å²) in [6.07, 6.45) is 0. The Bertz CT molecular complexity index is 571. The third kappa shape index (κ3) is 1.73. The summed E-state index contributed by atoms with van der Waals surface area (Å²) in [5, 5.41) is 3.28. The lowest BCUT2D eigenvalue weighted by molar-refractivity contribution is 0.101. The lowest BCUT2D eigenvalue weighted by Gasteiger charge is -2.40. The highest BCUT2D eigenvalue weighted by molar-refractivity contribution is 7.76. The van der Waals surface area contributed by atoms with E-state index in [0.29, 0.717) is 0 Å². The molecule has 0 radical (unpaired) electrons. The van der Waals surface area contributed by atoms with Crippen molar-refractivity contribution in [1.82, 2.24) is 0 Å². The Morgan fingerprint density at radius 1 is 0.895 bits per heavy atom. The Hall–Kier alpha value is -0.459. The molecule has 0 saturated carbocycles. The fourth-order valence-corrected chi connectivity index (χ4v) is 38.1. The summed E-state index contributed by atoms with van der Waals surface area (Å²) < 4.78 is 0. The Balaban J connectivity index is 2.83. The smallest absolute Gasteiger partial charge is 0.160 e. The van der Waals surface area contributed by atoms with Gasteiger partial charge in [0.2, 0.25) is 0 Å². The summed E-state index contributed by atoms with van der Waals surface area (Å²) in [7, 11) is -3.91. The molecule has 0 fully saturated rings. The largest absolute Gasteiger partial charge is 0.295 e. The SMILES string of the molecule is CC(=O)c1cc2c(cc1C)[Si](C)(C)[Si](C)(C)[Si]2(C)C. The van der Waals surface area contributed by atoms with Crippen molar-refractivity contribution in [2.45, 2.75) is 53.1 Å². The molecule has 19 heavy (non-hydrogen) atoms. The lowest BCUT2D eigenvalue weighted by Crippen LogP contribution is -2.68. The highest BCUT2D eigenvalue weighted by Gasteiger charge is 2.60. The van der Waals surface area contributed by atoms with E-state index in [0.717, 1.165) is 5.56 Å². The summed E-state index contributed by atoms with van der Waals surface area (Å²) in [4.78, 5) is 11.8. The number of fused-ring (bicyclic) bond motifs is 1. The van der Waals surface area contributed by atoms with Crippen LogP contribution in [-0.2, 0) is 0 Å². The number of rotatable bonds is 1. The van der Waals surface area contributed by atoms with Crippen LogP contribution < -0.4 is 10.4 Å². The zero-order valence-electron chi connectivity index (χ0n) is 13.6. The number of hydrogen-bond donors (Lipinski definition) is 0. The fraction of sp³-hybridized carbons (Fsp3) is 0.533. The first kappa shape index (κ1) is 14.9. The second-order valence-corrected chi connectivity index (χ2v) is 35.0. The van der Waals surface area contributed by atoms with Crippen molar-refractivity contribution in [1.29, 1.82) is 0 Å². The lowest BCUT2D eigenvalue weighted by atomic mass is 10.1. The predicted octanol–water partition coefficient (Wildman–Crippen LogP) is 2.91. The molecule has 1 nitrogen and oxygen atoms in total. The van der Waals surface area contributed by atoms with Gasteiger partial charge in [0.1, 0.15) is 0 Å². The van der Waals surface area contributed by atoms with E-state index in [1.54, 1.807) is 17.3 Å². The average molecular weight is 307 g/mol. The first-order chi connectivity index (χ1) is 8.44. The van der Waals surface area contributed by atoms with Gasteiger partial charge >= 0.3 is 0 Å². The molecule has 1 aliphatic heterocycles. The van der Waals surface area contributed by atoms with Gasteiger partial charge in [0.05, 0.1) is 15.2 Å². The van der Waals surface area contributed by atoms with Gasteiger partial charge < -0.3 is 0 Å². The zero-order valence-corrected chi connectivity index (χ0v) is 16.6. The van der Waals surface area contributed by atoms with Gasteiger partial charge in [-0.15, -0.1) is 0 Å². The number of Topliss-reactive ketones (excluding diaryl/α,β-unsaturated/α-hetero) is 1. The summed E-state index contributed by atoms with van der Waals surface area (Å²) in [6.45, 7) is 19.2. The Labute approximate surface area is 120 Å². The molecule has 0 bridgehead atoms. The van der Waals surface area contributed by atoms with Crippen molar-refractivity contribution in [2.75, 3.05) is 0 Å². The number of hydrogen-bond acceptors (Lipinski definition) is 1. The van der Waals surface area contributed by atoms with E-state index in [1.165, 1.54) is 5.56 Å². The molecule has 0 spiro atoms. The molecule has 1 aromatic carbocycles. The Morgan fingerprint density at radius 3 is 1.74 bits per heavy atom. The number of carbonyl (C=O) groups is 1. The molecule has 0 unspecified atom stereocenters. The van der Waals surface area contributed by atoms with E-state index in [9.17, 15) is 4.79 Å². The molecule has 1 heterocycles. The van der Waals surface area contributed by atoms with E-state index in [-0.39, 0.29) is 5.78 Å². The van der Waals surface area contributed by atoms with E-state index >= 15 is 0 Å². The maximum absolute atomic E-state index is 11.8. The minimum Gasteiger partial charge on any atom is -0.295 e. The van der Waals surface area contributed by atoms with E-state index in [4.69, 9.17) is 0 Å². The predicted molar refractivity (Wildman–Crippen MR) is 92.9 cm³/mol. The summed E-state index contributed by atoms with van der Waals surface area (Å²) in [5.41, 5.74) is 2.14. The van der Waals surface area contributed by atoms with Crippen molar-refractivity contribution < 1.29 is 4.79 Å². The number of aryl methyl sites for hydroxylation is 1. The molecule has 0 amide bonds. The molecule has 104 valence electrons. The zero-order chi connectivity index (χ0) is 14.8. The summed E-state index contributed by atoms with van der Waals surface area (Å²) >= 11 is 0. The van der Waals surface area contributed by atoms with E-state index in [2.05, 4.69) is 58.3 Å². The van der Waals surface area contributed by atoms with Crippen LogP contribution in [-0.4, -0.2) is 28.1 Å². The molecular formula is C15H26OSi3. The van der Waals surface area contributed by atoms with Crippen LogP contribution in [0.2, 0.25) is 39.3 Å². The molecule has 1 aliphatic rings. The van der Waals surface area contributed by atoms with Gasteiger partial charge in [0.25, 0.3) is 0 Å². The van der Waals surface area contributed by atoms with Crippen LogP contribution in [0.4, 0.5) is 0 Å².